The largest absolute Gasteiger partial charge is 0.385 e. The molecule has 2 heterocycles. The van der Waals surface area contributed by atoms with Crippen LogP contribution in [0.5, 0.6) is 0 Å². The van der Waals surface area contributed by atoms with E-state index < -0.39 is 0 Å². The van der Waals surface area contributed by atoms with Gasteiger partial charge in [0.2, 0.25) is 0 Å². The number of anilines is 1. The molecule has 2 N–H and O–H groups in total. The summed E-state index contributed by atoms with van der Waals surface area (Å²) in [6.07, 6.45) is 5.24. The maximum Gasteiger partial charge on any atom is 0.259 e. The number of piperidine rings is 1. The standard InChI is InChI=1S/C26H43N5O3.CH4/c1-17(2)16-31(20-12-19(13-27-14-20)22(32)18-8-9-18)24(33)21-15-29-25(26(3,4)5)30-23(21)28-10-7-11-34-6;/h15,17-20,27H,7-14,16H2,1-6H3,(H,28,29,30);1H4/t19-,20+;/m1./s1. The fourth-order valence-electron chi connectivity index (χ4n) is 4.48. The Kier molecular flexibility index (Phi) is 10.6. The molecule has 1 saturated heterocycles. The second-order valence-electron chi connectivity index (χ2n) is 11.3. The molecule has 2 atom stereocenters. The van der Waals surface area contributed by atoms with E-state index in [-0.39, 0.29) is 36.6 Å². The first-order valence-corrected chi connectivity index (χ1v) is 12.8. The lowest BCUT2D eigenvalue weighted by atomic mass is 9.88. The molecule has 8 heteroatoms. The number of hydrogen-bond acceptors (Lipinski definition) is 7. The van der Waals surface area contributed by atoms with Gasteiger partial charge < -0.3 is 20.3 Å². The Hall–Kier alpha value is -2.06. The normalized spacial score (nSPS) is 20.3. The van der Waals surface area contributed by atoms with Crippen LogP contribution in [0.2, 0.25) is 0 Å². The minimum Gasteiger partial charge on any atom is -0.385 e. The zero-order chi connectivity index (χ0) is 24.9. The quantitative estimate of drug-likeness (QED) is 0.455. The summed E-state index contributed by atoms with van der Waals surface area (Å²) in [4.78, 5) is 38.0. The number of nitrogens with zero attached hydrogens (tertiary/aromatic N) is 3. The summed E-state index contributed by atoms with van der Waals surface area (Å²) < 4.78 is 5.16. The molecule has 0 unspecified atom stereocenters. The molecule has 0 spiro atoms. The minimum atomic E-state index is -0.230. The van der Waals surface area contributed by atoms with Crippen LogP contribution in [0.1, 0.15) is 83.9 Å². The Morgan fingerprint density at radius 3 is 2.54 bits per heavy atom. The third-order valence-corrected chi connectivity index (χ3v) is 6.48. The number of ketones is 1. The van der Waals surface area contributed by atoms with Gasteiger partial charge in [0.15, 0.2) is 0 Å². The summed E-state index contributed by atoms with van der Waals surface area (Å²) in [6, 6.07) is -0.0278. The predicted octanol–water partition coefficient (Wildman–Crippen LogP) is 3.91. The van der Waals surface area contributed by atoms with Crippen LogP contribution >= 0.6 is 0 Å². The van der Waals surface area contributed by atoms with Gasteiger partial charge in [-0.1, -0.05) is 42.0 Å². The molecular formula is C27H47N5O3. The van der Waals surface area contributed by atoms with Crippen LogP contribution in [0, 0.1) is 17.8 Å². The summed E-state index contributed by atoms with van der Waals surface area (Å²) in [6.45, 7) is 13.8. The van der Waals surface area contributed by atoms with E-state index in [1.807, 2.05) is 4.90 Å². The number of Topliss-reactive ketones (excluding diaryl/α,β-unsaturated/α-hetero) is 1. The van der Waals surface area contributed by atoms with Crippen molar-refractivity contribution in [2.24, 2.45) is 17.8 Å². The van der Waals surface area contributed by atoms with Crippen molar-refractivity contribution >= 4 is 17.5 Å². The van der Waals surface area contributed by atoms with E-state index in [9.17, 15) is 9.59 Å². The van der Waals surface area contributed by atoms with Crippen LogP contribution in [0.3, 0.4) is 0 Å². The van der Waals surface area contributed by atoms with Gasteiger partial charge in [-0.3, -0.25) is 9.59 Å². The van der Waals surface area contributed by atoms with Crippen LogP contribution in [-0.4, -0.2) is 72.5 Å². The molecule has 2 aliphatic rings. The summed E-state index contributed by atoms with van der Waals surface area (Å²) in [5.41, 5.74) is 0.257. The number of rotatable bonds is 11. The number of amides is 1. The number of methoxy groups -OCH3 is 1. The zero-order valence-corrected chi connectivity index (χ0v) is 21.8. The molecule has 1 saturated carbocycles. The SMILES string of the molecule is C.COCCCNc1nc(C(C)(C)C)ncc1C(=O)N(CC(C)C)[C@@H]1CNC[C@H](C(=O)C2CC2)C1. The lowest BCUT2D eigenvalue weighted by Gasteiger charge is -2.38. The Morgan fingerprint density at radius 1 is 1.23 bits per heavy atom. The molecule has 2 fully saturated rings. The second-order valence-corrected chi connectivity index (χ2v) is 11.3. The highest BCUT2D eigenvalue weighted by molar-refractivity contribution is 5.98. The number of carbonyl (C=O) groups is 2. The minimum absolute atomic E-state index is 0. The zero-order valence-electron chi connectivity index (χ0n) is 21.8. The van der Waals surface area contributed by atoms with Gasteiger partial charge in [0, 0.05) is 69.4 Å². The summed E-state index contributed by atoms with van der Waals surface area (Å²) >= 11 is 0. The van der Waals surface area contributed by atoms with Crippen LogP contribution in [0.15, 0.2) is 6.20 Å². The molecule has 1 aliphatic carbocycles. The predicted molar refractivity (Wildman–Crippen MR) is 141 cm³/mol. The average molecular weight is 490 g/mol. The number of aromatic nitrogens is 2. The highest BCUT2D eigenvalue weighted by atomic mass is 16.5. The molecule has 1 aromatic rings. The molecule has 0 aromatic carbocycles. The molecule has 8 nitrogen and oxygen atoms in total. The number of carbonyl (C=O) groups excluding carboxylic acids is 2. The summed E-state index contributed by atoms with van der Waals surface area (Å²) in [5, 5.41) is 6.78. The Balaban J connectivity index is 0.00000432. The summed E-state index contributed by atoms with van der Waals surface area (Å²) in [5.74, 6) is 2.09. The maximum atomic E-state index is 13.9. The molecule has 1 aliphatic heterocycles. The molecule has 35 heavy (non-hydrogen) atoms. The van der Waals surface area contributed by atoms with Crippen molar-refractivity contribution in [3.05, 3.63) is 17.6 Å². The monoisotopic (exact) mass is 489 g/mol. The van der Waals surface area contributed by atoms with E-state index >= 15 is 0 Å². The second kappa shape index (κ2) is 12.8. The summed E-state index contributed by atoms with van der Waals surface area (Å²) in [7, 11) is 1.68. The van der Waals surface area contributed by atoms with Gasteiger partial charge >= 0.3 is 0 Å². The molecule has 0 radical (unpaired) electrons. The van der Waals surface area contributed by atoms with Gasteiger partial charge in [-0.25, -0.2) is 9.97 Å². The van der Waals surface area contributed by atoms with Gasteiger partial charge in [0.1, 0.15) is 23.0 Å². The van der Waals surface area contributed by atoms with Crippen LogP contribution in [-0.2, 0) is 14.9 Å². The number of hydrogen-bond donors (Lipinski definition) is 2. The fourth-order valence-corrected chi connectivity index (χ4v) is 4.48. The topological polar surface area (TPSA) is 96.4 Å². The van der Waals surface area contributed by atoms with Crippen molar-refractivity contribution in [3.8, 4) is 0 Å². The number of nitrogens with one attached hydrogen (secondary N) is 2. The van der Waals surface area contributed by atoms with E-state index in [1.54, 1.807) is 13.3 Å². The molecule has 1 aromatic heterocycles. The van der Waals surface area contributed by atoms with Gasteiger partial charge in [0.25, 0.3) is 5.91 Å². The lowest BCUT2D eigenvalue weighted by Crippen LogP contribution is -2.53. The van der Waals surface area contributed by atoms with Crippen LogP contribution < -0.4 is 10.6 Å². The molecule has 0 bridgehead atoms. The van der Waals surface area contributed by atoms with Crippen molar-refractivity contribution < 1.29 is 14.3 Å². The third-order valence-electron chi connectivity index (χ3n) is 6.48. The first-order chi connectivity index (χ1) is 16.1. The van der Waals surface area contributed by atoms with Crippen molar-refractivity contribution in [1.29, 1.82) is 0 Å². The maximum absolute atomic E-state index is 13.9. The first kappa shape index (κ1) is 29.2. The van der Waals surface area contributed by atoms with Crippen molar-refractivity contribution in [3.63, 3.8) is 0 Å². The molecule has 1 amide bonds. The van der Waals surface area contributed by atoms with Gasteiger partial charge in [-0.15, -0.1) is 0 Å². The van der Waals surface area contributed by atoms with Crippen molar-refractivity contribution in [1.82, 2.24) is 20.2 Å². The Morgan fingerprint density at radius 2 is 1.94 bits per heavy atom. The molecule has 198 valence electrons. The lowest BCUT2D eigenvalue weighted by molar-refractivity contribution is -0.125. The van der Waals surface area contributed by atoms with E-state index in [0.717, 1.165) is 25.7 Å². The Labute approximate surface area is 212 Å². The Bertz CT molecular complexity index is 848. The average Bonchev–Trinajstić information content (AvgIpc) is 3.64. The van der Waals surface area contributed by atoms with E-state index in [1.165, 1.54) is 0 Å². The van der Waals surface area contributed by atoms with Crippen LogP contribution in [0.25, 0.3) is 0 Å². The highest BCUT2D eigenvalue weighted by Crippen LogP contribution is 2.35. The smallest absolute Gasteiger partial charge is 0.259 e. The van der Waals surface area contributed by atoms with E-state index in [2.05, 4.69) is 50.2 Å². The third kappa shape index (κ3) is 7.97. The van der Waals surface area contributed by atoms with Crippen molar-refractivity contribution in [2.45, 2.75) is 79.2 Å². The van der Waals surface area contributed by atoms with Gasteiger partial charge in [-0.05, 0) is 31.6 Å². The van der Waals surface area contributed by atoms with Gasteiger partial charge in [0.05, 0.1) is 0 Å². The molecule has 3 rings (SSSR count). The van der Waals surface area contributed by atoms with E-state index in [4.69, 9.17) is 9.72 Å². The van der Waals surface area contributed by atoms with Crippen LogP contribution in [0.4, 0.5) is 5.82 Å². The van der Waals surface area contributed by atoms with E-state index in [0.29, 0.717) is 61.7 Å². The van der Waals surface area contributed by atoms with Crippen molar-refractivity contribution in [2.75, 3.05) is 45.2 Å². The van der Waals surface area contributed by atoms with Gasteiger partial charge in [-0.2, -0.15) is 0 Å². The molecular weight excluding hydrogens is 442 g/mol. The highest BCUT2D eigenvalue weighted by Gasteiger charge is 2.39. The first-order valence-electron chi connectivity index (χ1n) is 12.8. The fraction of sp³-hybridized carbons (Fsp3) is 0.778. The number of ether oxygens (including phenoxy) is 1.